The summed E-state index contributed by atoms with van der Waals surface area (Å²) in [5, 5.41) is 5.72. The maximum Gasteiger partial charge on any atom is 0.272 e. The molecule has 1 amide bonds. The number of pyridine rings is 1. The number of benzene rings is 3. The minimum absolute atomic E-state index is 0.359. The summed E-state index contributed by atoms with van der Waals surface area (Å²) in [7, 11) is 3.22. The molecule has 0 spiro atoms. The van der Waals surface area contributed by atoms with Crippen molar-refractivity contribution < 1.29 is 14.3 Å². The second-order valence-electron chi connectivity index (χ2n) is 7.40. The second kappa shape index (κ2) is 10.7. The molecular weight excluding hydrogens is 473 g/mol. The largest absolute Gasteiger partial charge is 0.496 e. The molecule has 6 nitrogen and oxygen atoms in total. The predicted molar refractivity (Wildman–Crippen MR) is 136 cm³/mol. The van der Waals surface area contributed by atoms with Crippen LogP contribution in [-0.4, -0.2) is 31.3 Å². The van der Waals surface area contributed by atoms with Crippen LogP contribution in [0.3, 0.4) is 0 Å². The Morgan fingerprint density at radius 1 is 1.03 bits per heavy atom. The van der Waals surface area contributed by atoms with Crippen LogP contribution in [0.4, 0.5) is 0 Å². The van der Waals surface area contributed by atoms with Crippen molar-refractivity contribution in [3.63, 3.8) is 0 Å². The molecular formula is C26H21Cl2N3O3. The second-order valence-corrected chi connectivity index (χ2v) is 8.22. The Labute approximate surface area is 207 Å². The Hall–Kier alpha value is -3.45. The molecule has 4 rings (SSSR count). The van der Waals surface area contributed by atoms with E-state index in [-0.39, 0.29) is 5.91 Å². The highest BCUT2D eigenvalue weighted by atomic mass is 35.5. The highest BCUT2D eigenvalue weighted by Crippen LogP contribution is 2.30. The number of nitrogens with zero attached hydrogens (tertiary/aromatic N) is 2. The van der Waals surface area contributed by atoms with Crippen molar-refractivity contribution >= 4 is 46.2 Å². The number of methoxy groups -OCH3 is 2. The van der Waals surface area contributed by atoms with Crippen LogP contribution < -0.4 is 10.2 Å². The van der Waals surface area contributed by atoms with E-state index in [1.807, 2.05) is 48.5 Å². The van der Waals surface area contributed by atoms with Gasteiger partial charge < -0.3 is 9.47 Å². The number of hydrazone groups is 1. The zero-order chi connectivity index (χ0) is 24.1. The van der Waals surface area contributed by atoms with Gasteiger partial charge in [-0.2, -0.15) is 5.10 Å². The summed E-state index contributed by atoms with van der Waals surface area (Å²) in [5.74, 6) is 0.364. The summed E-state index contributed by atoms with van der Waals surface area (Å²) in [6.45, 7) is 0.401. The molecule has 1 heterocycles. The van der Waals surface area contributed by atoms with E-state index >= 15 is 0 Å². The Morgan fingerprint density at radius 3 is 2.62 bits per heavy atom. The van der Waals surface area contributed by atoms with Gasteiger partial charge in [-0.05, 0) is 48.0 Å². The van der Waals surface area contributed by atoms with Gasteiger partial charge in [0.1, 0.15) is 5.75 Å². The fourth-order valence-corrected chi connectivity index (χ4v) is 3.84. The third kappa shape index (κ3) is 5.20. The number of carbonyl (C=O) groups excluding carboxylic acids is 1. The first-order chi connectivity index (χ1) is 16.5. The van der Waals surface area contributed by atoms with Crippen LogP contribution in [0.25, 0.3) is 22.2 Å². The summed E-state index contributed by atoms with van der Waals surface area (Å²) >= 11 is 12.2. The van der Waals surface area contributed by atoms with Gasteiger partial charge in [0, 0.05) is 23.6 Å². The molecule has 0 atom stereocenters. The van der Waals surface area contributed by atoms with Gasteiger partial charge in [0.15, 0.2) is 0 Å². The van der Waals surface area contributed by atoms with Gasteiger partial charge in [0.05, 0.1) is 46.8 Å². The predicted octanol–water partition coefficient (Wildman–Crippen LogP) is 6.13. The molecule has 0 unspecified atom stereocenters. The van der Waals surface area contributed by atoms with E-state index in [4.69, 9.17) is 32.7 Å². The quantitative estimate of drug-likeness (QED) is 0.248. The average Bonchev–Trinajstić information content (AvgIpc) is 2.85. The molecule has 0 radical (unpaired) electrons. The standard InChI is InChI=1S/C26H21Cl2N3O3/c1-33-15-18-11-16(7-10-25(18)34-2)14-29-31-26(32)20-13-24(17-8-9-21(27)22(28)12-17)30-23-6-4-3-5-19(20)23/h3-14H,15H2,1-2H3,(H,31,32)/b29-14+. The Morgan fingerprint density at radius 2 is 1.85 bits per heavy atom. The molecule has 172 valence electrons. The molecule has 0 aliphatic heterocycles. The van der Waals surface area contributed by atoms with Crippen LogP contribution in [0.15, 0.2) is 71.8 Å². The number of hydrogen-bond donors (Lipinski definition) is 1. The average molecular weight is 494 g/mol. The van der Waals surface area contributed by atoms with Gasteiger partial charge in [-0.3, -0.25) is 4.79 Å². The van der Waals surface area contributed by atoms with Crippen molar-refractivity contribution in [2.75, 3.05) is 14.2 Å². The summed E-state index contributed by atoms with van der Waals surface area (Å²) in [4.78, 5) is 17.8. The minimum Gasteiger partial charge on any atom is -0.496 e. The Bertz CT molecular complexity index is 1390. The van der Waals surface area contributed by atoms with Gasteiger partial charge >= 0.3 is 0 Å². The van der Waals surface area contributed by atoms with E-state index in [2.05, 4.69) is 15.5 Å². The molecule has 4 aromatic rings. The molecule has 0 aliphatic carbocycles. The molecule has 0 saturated carbocycles. The van der Waals surface area contributed by atoms with E-state index in [9.17, 15) is 4.79 Å². The van der Waals surface area contributed by atoms with Crippen LogP contribution in [0.1, 0.15) is 21.5 Å². The highest BCUT2D eigenvalue weighted by molar-refractivity contribution is 6.42. The number of fused-ring (bicyclic) bond motifs is 1. The lowest BCUT2D eigenvalue weighted by atomic mass is 10.0. The molecule has 3 aromatic carbocycles. The zero-order valence-electron chi connectivity index (χ0n) is 18.5. The van der Waals surface area contributed by atoms with Crippen molar-refractivity contribution in [1.29, 1.82) is 0 Å². The molecule has 0 fully saturated rings. The van der Waals surface area contributed by atoms with Gasteiger partial charge in [-0.1, -0.05) is 47.5 Å². The first-order valence-electron chi connectivity index (χ1n) is 10.3. The first kappa shape index (κ1) is 23.7. The Kier molecular flexibility index (Phi) is 7.43. The summed E-state index contributed by atoms with van der Waals surface area (Å²) in [6.07, 6.45) is 1.57. The van der Waals surface area contributed by atoms with Gasteiger partial charge in [0.2, 0.25) is 0 Å². The summed E-state index contributed by atoms with van der Waals surface area (Å²) in [6, 6.07) is 20.0. The molecule has 1 aromatic heterocycles. The van der Waals surface area contributed by atoms with E-state index in [1.54, 1.807) is 38.6 Å². The van der Waals surface area contributed by atoms with Crippen LogP contribution in [-0.2, 0) is 11.3 Å². The number of nitrogens with one attached hydrogen (secondary N) is 1. The van der Waals surface area contributed by atoms with Crippen LogP contribution in [0.5, 0.6) is 5.75 Å². The topological polar surface area (TPSA) is 72.8 Å². The van der Waals surface area contributed by atoms with Gasteiger partial charge in [0.25, 0.3) is 5.91 Å². The lowest BCUT2D eigenvalue weighted by Crippen LogP contribution is -2.18. The summed E-state index contributed by atoms with van der Waals surface area (Å²) in [5.41, 5.74) is 6.77. The highest BCUT2D eigenvalue weighted by Gasteiger charge is 2.14. The van der Waals surface area contributed by atoms with E-state index in [0.29, 0.717) is 38.8 Å². The van der Waals surface area contributed by atoms with Crippen molar-refractivity contribution in [2.45, 2.75) is 6.61 Å². The number of hydrogen-bond acceptors (Lipinski definition) is 5. The number of halogens is 2. The Balaban J connectivity index is 1.63. The minimum atomic E-state index is -0.359. The third-order valence-electron chi connectivity index (χ3n) is 5.16. The van der Waals surface area contributed by atoms with Crippen LogP contribution in [0.2, 0.25) is 10.0 Å². The lowest BCUT2D eigenvalue weighted by Gasteiger charge is -2.10. The normalized spacial score (nSPS) is 11.2. The fraction of sp³-hybridized carbons (Fsp3) is 0.115. The van der Waals surface area contributed by atoms with E-state index < -0.39 is 0 Å². The maximum atomic E-state index is 13.1. The SMILES string of the molecule is COCc1cc(/C=N/NC(=O)c2cc(-c3ccc(Cl)c(Cl)c3)nc3ccccc23)ccc1OC. The molecule has 0 saturated heterocycles. The van der Waals surface area contributed by atoms with Crippen molar-refractivity contribution in [2.24, 2.45) is 5.10 Å². The molecule has 0 aliphatic rings. The van der Waals surface area contributed by atoms with Crippen molar-refractivity contribution in [3.05, 3.63) is 93.5 Å². The van der Waals surface area contributed by atoms with E-state index in [0.717, 1.165) is 22.4 Å². The number of para-hydroxylation sites is 1. The van der Waals surface area contributed by atoms with Gasteiger partial charge in [-0.25, -0.2) is 10.4 Å². The third-order valence-corrected chi connectivity index (χ3v) is 5.90. The summed E-state index contributed by atoms with van der Waals surface area (Å²) < 4.78 is 10.6. The molecule has 34 heavy (non-hydrogen) atoms. The van der Waals surface area contributed by atoms with Crippen molar-refractivity contribution in [3.8, 4) is 17.0 Å². The smallest absolute Gasteiger partial charge is 0.272 e. The number of carbonyl (C=O) groups is 1. The van der Waals surface area contributed by atoms with Crippen LogP contribution in [0, 0.1) is 0 Å². The monoisotopic (exact) mass is 493 g/mol. The maximum absolute atomic E-state index is 13.1. The zero-order valence-corrected chi connectivity index (χ0v) is 20.0. The number of aromatic nitrogens is 1. The van der Waals surface area contributed by atoms with E-state index in [1.165, 1.54) is 0 Å². The molecule has 1 N–H and O–H groups in total. The lowest BCUT2D eigenvalue weighted by molar-refractivity contribution is 0.0956. The number of amides is 1. The molecule has 0 bridgehead atoms. The number of ether oxygens (including phenoxy) is 2. The van der Waals surface area contributed by atoms with Gasteiger partial charge in [-0.15, -0.1) is 0 Å². The van der Waals surface area contributed by atoms with Crippen molar-refractivity contribution in [1.82, 2.24) is 10.4 Å². The number of rotatable bonds is 7. The first-order valence-corrected chi connectivity index (χ1v) is 11.1. The fourth-order valence-electron chi connectivity index (χ4n) is 3.54. The molecule has 8 heteroatoms. The van der Waals surface area contributed by atoms with Crippen LogP contribution >= 0.6 is 23.2 Å².